The van der Waals surface area contributed by atoms with E-state index in [0.29, 0.717) is 0 Å². The van der Waals surface area contributed by atoms with Crippen molar-refractivity contribution in [1.29, 1.82) is 0 Å². The summed E-state index contributed by atoms with van der Waals surface area (Å²) in [6.07, 6.45) is 0. The summed E-state index contributed by atoms with van der Waals surface area (Å²) >= 11 is 0. The molecule has 0 aliphatic carbocycles. The molecule has 84 valence electrons. The van der Waals surface area contributed by atoms with Crippen molar-refractivity contribution in [2.24, 2.45) is 0 Å². The molecule has 1 aliphatic rings. The first-order chi connectivity index (χ1) is 6.21. The second-order valence-corrected chi connectivity index (χ2v) is 9.46. The first-order valence-corrected chi connectivity index (χ1v) is 8.64. The third-order valence-electron chi connectivity index (χ3n) is 1.43. The molecule has 1 fully saturated rings. The summed E-state index contributed by atoms with van der Waals surface area (Å²) in [5.74, 6) is 0. The highest BCUT2D eigenvalue weighted by molar-refractivity contribution is 8.89. The van der Waals surface area contributed by atoms with Crippen LogP contribution in [0.2, 0.25) is 0 Å². The first-order valence-electron chi connectivity index (χ1n) is 4.51. The normalized spacial score (nSPS) is 22.7. The second-order valence-electron chi connectivity index (χ2n) is 5.15. The van der Waals surface area contributed by atoms with Crippen molar-refractivity contribution in [2.45, 2.75) is 52.6 Å². The quantitative estimate of drug-likeness (QED) is 0.464. The Morgan fingerprint density at radius 2 is 0.786 bits per heavy atom. The molecular weight excluding hydrogens is 252 g/mol. The molecule has 1 rings (SSSR count). The van der Waals surface area contributed by atoms with Gasteiger partial charge in [-0.25, -0.2) is 0 Å². The maximum Gasteiger partial charge on any atom is 0.0358 e. The van der Waals surface area contributed by atoms with Crippen LogP contribution in [0.25, 0.3) is 0 Å². The zero-order valence-corrected chi connectivity index (χ0v) is 12.8. The SMILES string of the molecule is CC(C)(C)N1SSN(C(C)(C)C)SS1. The molecule has 0 aromatic heterocycles. The molecule has 0 bridgehead atoms. The van der Waals surface area contributed by atoms with Crippen LogP contribution in [0.3, 0.4) is 0 Å². The van der Waals surface area contributed by atoms with Crippen molar-refractivity contribution in [2.75, 3.05) is 0 Å². The van der Waals surface area contributed by atoms with Gasteiger partial charge < -0.3 is 0 Å². The van der Waals surface area contributed by atoms with Gasteiger partial charge in [-0.2, -0.15) is 7.42 Å². The molecule has 14 heavy (non-hydrogen) atoms. The van der Waals surface area contributed by atoms with Crippen molar-refractivity contribution in [3.05, 3.63) is 0 Å². The molecule has 1 aliphatic heterocycles. The minimum Gasteiger partial charge on any atom is -0.168 e. The number of rotatable bonds is 0. The van der Waals surface area contributed by atoms with E-state index in [-0.39, 0.29) is 11.1 Å². The number of hydrogen-bond donors (Lipinski definition) is 0. The first kappa shape index (κ1) is 13.4. The van der Waals surface area contributed by atoms with Gasteiger partial charge in [0, 0.05) is 55.0 Å². The monoisotopic (exact) mass is 270 g/mol. The Labute approximate surface area is 104 Å². The molecule has 0 saturated carbocycles. The van der Waals surface area contributed by atoms with Gasteiger partial charge in [-0.1, -0.05) is 0 Å². The summed E-state index contributed by atoms with van der Waals surface area (Å²) in [7, 11) is 7.29. The molecule has 0 aromatic carbocycles. The fourth-order valence-corrected chi connectivity index (χ4v) is 8.11. The standard InChI is InChI=1S/C8H18N2S4/c1-7(2,3)9-11-13-10(14-12-9)8(4,5)6/h1-6H3. The van der Waals surface area contributed by atoms with Crippen LogP contribution < -0.4 is 0 Å². The Morgan fingerprint density at radius 3 is 0.929 bits per heavy atom. The maximum absolute atomic E-state index is 2.34. The van der Waals surface area contributed by atoms with Gasteiger partial charge in [0.15, 0.2) is 0 Å². The molecule has 1 heterocycles. The molecule has 0 amide bonds. The molecule has 0 aromatic rings. The largest absolute Gasteiger partial charge is 0.168 e. The third kappa shape index (κ3) is 3.72. The maximum atomic E-state index is 2.34. The third-order valence-corrected chi connectivity index (χ3v) is 8.51. The molecule has 0 unspecified atom stereocenters. The van der Waals surface area contributed by atoms with Crippen LogP contribution >= 0.6 is 43.9 Å². The molecule has 0 spiro atoms. The number of nitrogens with zero attached hydrogens (tertiary/aromatic N) is 2. The van der Waals surface area contributed by atoms with Crippen molar-refractivity contribution >= 4 is 43.9 Å². The van der Waals surface area contributed by atoms with Gasteiger partial charge >= 0.3 is 0 Å². The molecule has 0 N–H and O–H groups in total. The van der Waals surface area contributed by atoms with Gasteiger partial charge in [0.25, 0.3) is 0 Å². The molecule has 0 atom stereocenters. The Morgan fingerprint density at radius 1 is 0.571 bits per heavy atom. The zero-order chi connectivity index (χ0) is 11.0. The molecular formula is C8H18N2S4. The predicted octanol–water partition coefficient (Wildman–Crippen LogP) is 4.62. The summed E-state index contributed by atoms with van der Waals surface area (Å²) in [4.78, 5) is 0. The zero-order valence-electron chi connectivity index (χ0n) is 9.53. The highest BCUT2D eigenvalue weighted by Crippen LogP contribution is 2.56. The molecule has 2 nitrogen and oxygen atoms in total. The van der Waals surface area contributed by atoms with Crippen LogP contribution in [0.15, 0.2) is 0 Å². The molecule has 0 radical (unpaired) electrons. The average molecular weight is 271 g/mol. The van der Waals surface area contributed by atoms with E-state index in [4.69, 9.17) is 0 Å². The van der Waals surface area contributed by atoms with Crippen molar-refractivity contribution in [3.8, 4) is 0 Å². The van der Waals surface area contributed by atoms with Crippen molar-refractivity contribution < 1.29 is 0 Å². The lowest BCUT2D eigenvalue weighted by molar-refractivity contribution is 0.404. The predicted molar refractivity (Wildman–Crippen MR) is 73.5 cm³/mol. The summed E-state index contributed by atoms with van der Waals surface area (Å²) < 4.78 is 4.68. The molecule has 1 saturated heterocycles. The minimum atomic E-state index is 0.222. The van der Waals surface area contributed by atoms with Crippen LogP contribution in [0.5, 0.6) is 0 Å². The van der Waals surface area contributed by atoms with E-state index in [1.807, 2.05) is 43.9 Å². The topological polar surface area (TPSA) is 6.48 Å². The van der Waals surface area contributed by atoms with Gasteiger partial charge in [0.2, 0.25) is 0 Å². The lowest BCUT2D eigenvalue weighted by atomic mass is 10.1. The summed E-state index contributed by atoms with van der Waals surface area (Å²) in [5.41, 5.74) is 0.443. The van der Waals surface area contributed by atoms with Crippen LogP contribution in [-0.4, -0.2) is 18.5 Å². The van der Waals surface area contributed by atoms with Gasteiger partial charge in [0.05, 0.1) is 0 Å². The fraction of sp³-hybridized carbons (Fsp3) is 1.00. The van der Waals surface area contributed by atoms with E-state index < -0.39 is 0 Å². The number of hydrogen-bond acceptors (Lipinski definition) is 6. The van der Waals surface area contributed by atoms with E-state index in [0.717, 1.165) is 0 Å². The lowest BCUT2D eigenvalue weighted by Crippen LogP contribution is -2.36. The van der Waals surface area contributed by atoms with E-state index in [2.05, 4.69) is 49.0 Å². The Balaban J connectivity index is 2.47. The lowest BCUT2D eigenvalue weighted by Gasteiger charge is -2.41. The van der Waals surface area contributed by atoms with Gasteiger partial charge in [-0.05, 0) is 41.5 Å². The van der Waals surface area contributed by atoms with Crippen LogP contribution in [-0.2, 0) is 0 Å². The molecule has 6 heteroatoms. The van der Waals surface area contributed by atoms with E-state index in [1.54, 1.807) is 0 Å². The second kappa shape index (κ2) is 4.67. The Kier molecular flexibility index (Phi) is 4.47. The minimum absolute atomic E-state index is 0.222. The highest BCUT2D eigenvalue weighted by atomic mass is 33.2. The van der Waals surface area contributed by atoms with Gasteiger partial charge in [0.1, 0.15) is 0 Å². The van der Waals surface area contributed by atoms with E-state index in [9.17, 15) is 0 Å². The van der Waals surface area contributed by atoms with E-state index >= 15 is 0 Å². The summed E-state index contributed by atoms with van der Waals surface area (Å²) in [5, 5.41) is 0. The summed E-state index contributed by atoms with van der Waals surface area (Å²) in [6, 6.07) is 0. The van der Waals surface area contributed by atoms with Crippen molar-refractivity contribution in [3.63, 3.8) is 0 Å². The highest BCUT2D eigenvalue weighted by Gasteiger charge is 2.34. The van der Waals surface area contributed by atoms with Crippen LogP contribution in [0.1, 0.15) is 41.5 Å². The summed E-state index contributed by atoms with van der Waals surface area (Å²) in [6.45, 7) is 13.4. The Hall–Kier alpha value is 1.32. The van der Waals surface area contributed by atoms with E-state index in [1.165, 1.54) is 0 Å². The average Bonchev–Trinajstić information content (AvgIpc) is 2.01. The van der Waals surface area contributed by atoms with Crippen LogP contribution in [0, 0.1) is 0 Å². The Bertz CT molecular complexity index is 166. The van der Waals surface area contributed by atoms with Crippen LogP contribution in [0.4, 0.5) is 0 Å². The fourth-order valence-electron chi connectivity index (χ4n) is 0.593. The smallest absolute Gasteiger partial charge is 0.0358 e. The van der Waals surface area contributed by atoms with Gasteiger partial charge in [-0.15, -0.1) is 0 Å². The van der Waals surface area contributed by atoms with Gasteiger partial charge in [-0.3, -0.25) is 0 Å². The van der Waals surface area contributed by atoms with Crippen molar-refractivity contribution in [1.82, 2.24) is 7.42 Å².